The Labute approximate surface area is 219 Å². The molecule has 3 heterocycles. The van der Waals surface area contributed by atoms with Crippen LogP contribution in [0.2, 0.25) is 0 Å². The van der Waals surface area contributed by atoms with Crippen molar-refractivity contribution in [1.29, 1.82) is 0 Å². The Balaban J connectivity index is 1.70. The highest BCUT2D eigenvalue weighted by molar-refractivity contribution is 7.60. The van der Waals surface area contributed by atoms with E-state index in [1.165, 1.54) is 17.7 Å². The van der Waals surface area contributed by atoms with E-state index in [4.69, 9.17) is 15.2 Å². The van der Waals surface area contributed by atoms with Gasteiger partial charge in [0.25, 0.3) is 13.4 Å². The van der Waals surface area contributed by atoms with E-state index < -0.39 is 31.0 Å². The van der Waals surface area contributed by atoms with Crippen LogP contribution in [0.3, 0.4) is 0 Å². The maximum atomic E-state index is 14.0. The highest BCUT2D eigenvalue weighted by Crippen LogP contribution is 2.40. The summed E-state index contributed by atoms with van der Waals surface area (Å²) in [6, 6.07) is 3.35. The summed E-state index contributed by atoms with van der Waals surface area (Å²) in [5, 5.41) is 7.13. The van der Waals surface area contributed by atoms with Crippen LogP contribution >= 0.6 is 18.8 Å². The van der Waals surface area contributed by atoms with E-state index in [1.54, 1.807) is 49.2 Å². The molecule has 0 saturated carbocycles. The number of hydrogen-bond donors (Lipinski definition) is 3. The minimum absolute atomic E-state index is 0.268. The fraction of sp³-hybridized carbons (Fsp3) is 0.522. The number of unbranched alkanes of at least 4 members (excludes halogenated alkanes) is 2. The third kappa shape index (κ3) is 7.81. The first-order valence-electron chi connectivity index (χ1n) is 12.0. The highest BCUT2D eigenvalue weighted by atomic mass is 32.1. The van der Waals surface area contributed by atoms with E-state index in [1.807, 2.05) is 0 Å². The fourth-order valence-electron chi connectivity index (χ4n) is 3.51. The van der Waals surface area contributed by atoms with Crippen molar-refractivity contribution in [3.05, 3.63) is 35.0 Å². The first-order chi connectivity index (χ1) is 17.5. The summed E-state index contributed by atoms with van der Waals surface area (Å²) in [5.41, 5.74) is 5.53. The molecule has 3 aromatic rings. The number of nitrogens with two attached hydrogens (primary N) is 1. The van der Waals surface area contributed by atoms with Crippen molar-refractivity contribution in [1.82, 2.24) is 29.7 Å². The SMILES string of the molecule is CCCCCOC(=O)C(C)(C)NP(=O)(CO[C@H](C)Cn1cnc2c(N)ncnc21)NC(=O)c1cccs1. The fourth-order valence-corrected chi connectivity index (χ4v) is 6.29. The number of rotatable bonds is 14. The maximum Gasteiger partial charge on any atom is 0.326 e. The standard InChI is InChI=1S/C23H34N7O5PS/c1-5-6-7-10-34-22(32)23(3,4)29-36(33,28-21(31)17-9-8-11-37-17)15-35-16(2)12-30-14-27-18-19(24)25-13-26-20(18)30/h8-9,11,13-14,16H,5-7,10,12,15H2,1-4H3,(H2,24,25,26)(H2,28,29,31,33)/t16-,36?/m1/s1. The number of ether oxygens (including phenoxy) is 2. The van der Waals surface area contributed by atoms with Crippen LogP contribution < -0.4 is 15.9 Å². The van der Waals surface area contributed by atoms with Crippen molar-refractivity contribution < 1.29 is 23.6 Å². The zero-order valence-electron chi connectivity index (χ0n) is 21.5. The van der Waals surface area contributed by atoms with Crippen LogP contribution in [-0.4, -0.2) is 56.0 Å². The number of imidazole rings is 1. The van der Waals surface area contributed by atoms with Crippen molar-refractivity contribution in [3.8, 4) is 0 Å². The molecule has 202 valence electrons. The molecule has 0 aliphatic carbocycles. The molecular weight excluding hydrogens is 517 g/mol. The Morgan fingerprint density at radius 2 is 2.05 bits per heavy atom. The molecule has 3 rings (SSSR count). The zero-order valence-corrected chi connectivity index (χ0v) is 23.2. The number of nitrogens with one attached hydrogen (secondary N) is 2. The van der Waals surface area contributed by atoms with Gasteiger partial charge >= 0.3 is 5.97 Å². The van der Waals surface area contributed by atoms with E-state index >= 15 is 0 Å². The molecule has 37 heavy (non-hydrogen) atoms. The van der Waals surface area contributed by atoms with Crippen LogP contribution in [0.15, 0.2) is 30.2 Å². The summed E-state index contributed by atoms with van der Waals surface area (Å²) >= 11 is 1.22. The zero-order chi connectivity index (χ0) is 27.1. The molecule has 1 amide bonds. The number of hydrogen-bond acceptors (Lipinski definition) is 10. The molecule has 0 radical (unpaired) electrons. The van der Waals surface area contributed by atoms with Gasteiger partial charge in [0.1, 0.15) is 23.7 Å². The highest BCUT2D eigenvalue weighted by Gasteiger charge is 2.39. The van der Waals surface area contributed by atoms with Gasteiger partial charge in [-0.2, -0.15) is 0 Å². The van der Waals surface area contributed by atoms with Crippen LogP contribution in [0, 0.1) is 0 Å². The van der Waals surface area contributed by atoms with Gasteiger partial charge < -0.3 is 19.8 Å². The summed E-state index contributed by atoms with van der Waals surface area (Å²) in [4.78, 5) is 38.3. The first kappa shape index (κ1) is 28.7. The van der Waals surface area contributed by atoms with Gasteiger partial charge in [-0.25, -0.2) is 20.0 Å². The third-order valence-corrected chi connectivity index (χ3v) is 8.27. The number of esters is 1. The molecule has 0 bridgehead atoms. The lowest BCUT2D eigenvalue weighted by Gasteiger charge is -2.31. The van der Waals surface area contributed by atoms with Gasteiger partial charge in [0.15, 0.2) is 11.5 Å². The molecular formula is C23H34N7O5PS. The monoisotopic (exact) mass is 551 g/mol. The molecule has 3 aromatic heterocycles. The predicted molar refractivity (Wildman–Crippen MR) is 142 cm³/mol. The smallest absolute Gasteiger partial charge is 0.326 e. The van der Waals surface area contributed by atoms with E-state index in [-0.39, 0.29) is 18.8 Å². The number of thiophene rings is 1. The number of nitrogen functional groups attached to an aromatic ring is 1. The summed E-state index contributed by atoms with van der Waals surface area (Å²) in [5.74, 6) is -0.822. The second-order valence-corrected chi connectivity index (χ2v) is 12.3. The van der Waals surface area contributed by atoms with Crippen molar-refractivity contribution in [3.63, 3.8) is 0 Å². The summed E-state index contributed by atoms with van der Waals surface area (Å²) < 4.78 is 27.0. The molecule has 0 aromatic carbocycles. The molecule has 14 heteroatoms. The lowest BCUT2D eigenvalue weighted by Crippen LogP contribution is -2.49. The van der Waals surface area contributed by atoms with Gasteiger partial charge in [-0.05, 0) is 38.6 Å². The average Bonchev–Trinajstić information content (AvgIpc) is 3.52. The Morgan fingerprint density at radius 1 is 1.27 bits per heavy atom. The Morgan fingerprint density at radius 3 is 2.76 bits per heavy atom. The van der Waals surface area contributed by atoms with Crippen LogP contribution in [-0.2, 0) is 25.4 Å². The number of carbonyl (C=O) groups excluding carboxylic acids is 2. The van der Waals surface area contributed by atoms with Crippen LogP contribution in [0.25, 0.3) is 11.2 Å². The number of aromatic nitrogens is 4. The Bertz CT molecular complexity index is 1250. The maximum absolute atomic E-state index is 14.0. The van der Waals surface area contributed by atoms with E-state index in [0.29, 0.717) is 22.6 Å². The topological polar surface area (TPSA) is 163 Å². The van der Waals surface area contributed by atoms with Gasteiger partial charge in [0.05, 0.1) is 30.5 Å². The molecule has 12 nitrogen and oxygen atoms in total. The average molecular weight is 552 g/mol. The number of carbonyl (C=O) groups is 2. The second-order valence-electron chi connectivity index (χ2n) is 9.17. The largest absolute Gasteiger partial charge is 0.464 e. The molecule has 2 atom stereocenters. The van der Waals surface area contributed by atoms with Crippen LogP contribution in [0.4, 0.5) is 5.82 Å². The van der Waals surface area contributed by atoms with Gasteiger partial charge in [-0.1, -0.05) is 25.8 Å². The quantitative estimate of drug-likeness (QED) is 0.153. The summed E-state index contributed by atoms with van der Waals surface area (Å²) in [6.07, 6.45) is 4.78. The molecule has 0 aliphatic rings. The number of nitrogens with zero attached hydrogens (tertiary/aromatic N) is 4. The lowest BCUT2D eigenvalue weighted by atomic mass is 10.1. The molecule has 0 fully saturated rings. The minimum Gasteiger partial charge on any atom is -0.464 e. The van der Waals surface area contributed by atoms with Gasteiger partial charge in [0, 0.05) is 0 Å². The van der Waals surface area contributed by atoms with Crippen molar-refractivity contribution in [2.75, 3.05) is 18.7 Å². The van der Waals surface area contributed by atoms with Crippen LogP contribution in [0.1, 0.15) is 56.6 Å². The van der Waals surface area contributed by atoms with E-state index in [9.17, 15) is 14.2 Å². The van der Waals surface area contributed by atoms with Gasteiger partial charge in [0.2, 0.25) is 0 Å². The number of amides is 1. The van der Waals surface area contributed by atoms with Gasteiger partial charge in [-0.3, -0.25) is 19.2 Å². The molecule has 0 saturated heterocycles. The molecule has 1 unspecified atom stereocenters. The molecule has 0 spiro atoms. The number of fused-ring (bicyclic) bond motifs is 1. The van der Waals surface area contributed by atoms with E-state index in [2.05, 4.69) is 32.1 Å². The first-order valence-corrected chi connectivity index (χ1v) is 14.8. The second kappa shape index (κ2) is 12.6. The lowest BCUT2D eigenvalue weighted by molar-refractivity contribution is -0.149. The van der Waals surface area contributed by atoms with Crippen molar-refractivity contribution in [2.45, 2.75) is 65.1 Å². The minimum atomic E-state index is -3.77. The molecule has 0 aliphatic heterocycles. The Kier molecular flexibility index (Phi) is 9.77. The van der Waals surface area contributed by atoms with Crippen molar-refractivity contribution >= 4 is 47.6 Å². The molecule has 4 N–H and O–H groups in total. The van der Waals surface area contributed by atoms with Crippen molar-refractivity contribution in [2.24, 2.45) is 0 Å². The Hall–Kier alpha value is -2.86. The van der Waals surface area contributed by atoms with Crippen LogP contribution in [0.5, 0.6) is 0 Å². The number of anilines is 1. The van der Waals surface area contributed by atoms with Gasteiger partial charge in [-0.15, -0.1) is 11.3 Å². The normalized spacial score (nSPS) is 14.3. The predicted octanol–water partition coefficient (Wildman–Crippen LogP) is 3.56. The van der Waals surface area contributed by atoms with E-state index in [0.717, 1.165) is 19.3 Å². The summed E-state index contributed by atoms with van der Waals surface area (Å²) in [6.45, 7) is 7.56. The summed E-state index contributed by atoms with van der Waals surface area (Å²) in [7, 11) is -3.77. The third-order valence-electron chi connectivity index (χ3n) is 5.40.